The minimum Gasteiger partial charge on any atom is -0.506 e. The van der Waals surface area contributed by atoms with Crippen molar-refractivity contribution in [3.8, 4) is 5.75 Å². The number of anilines is 1. The van der Waals surface area contributed by atoms with Crippen LogP contribution in [0.3, 0.4) is 0 Å². The molecule has 7 nitrogen and oxygen atoms in total. The lowest BCUT2D eigenvalue weighted by molar-refractivity contribution is 0.0997. The third kappa shape index (κ3) is 3.21. The number of phenols is 1. The Morgan fingerprint density at radius 3 is 2.69 bits per heavy atom. The Hall–Kier alpha value is -2.71. The molecule has 26 heavy (non-hydrogen) atoms. The Morgan fingerprint density at radius 2 is 2.04 bits per heavy atom. The third-order valence-electron chi connectivity index (χ3n) is 4.00. The van der Waals surface area contributed by atoms with Crippen molar-refractivity contribution in [1.82, 2.24) is 4.98 Å². The number of aromatic amines is 1. The molecule has 3 rings (SSSR count). The predicted octanol–water partition coefficient (Wildman–Crippen LogP) is 2.99. The molecule has 1 heterocycles. The fourth-order valence-electron chi connectivity index (χ4n) is 2.73. The van der Waals surface area contributed by atoms with E-state index in [1.165, 1.54) is 0 Å². The van der Waals surface area contributed by atoms with Crippen molar-refractivity contribution >= 4 is 44.1 Å². The van der Waals surface area contributed by atoms with E-state index >= 15 is 0 Å². The zero-order valence-electron chi connectivity index (χ0n) is 13.7. The maximum Gasteiger partial charge on any atom is 0.261 e. The number of aryl methyl sites for hydroxylation is 1. The van der Waals surface area contributed by atoms with Gasteiger partial charge in [0.1, 0.15) is 5.75 Å². The number of hydrogen-bond acceptors (Lipinski definition) is 4. The molecule has 0 fully saturated rings. The highest BCUT2D eigenvalue weighted by Gasteiger charge is 2.21. The second-order valence-corrected chi connectivity index (χ2v) is 7.79. The van der Waals surface area contributed by atoms with E-state index < -0.39 is 21.7 Å². The van der Waals surface area contributed by atoms with E-state index in [0.717, 1.165) is 35.0 Å². The molecule has 9 heteroatoms. The number of benzene rings is 2. The summed E-state index contributed by atoms with van der Waals surface area (Å²) in [4.78, 5) is 14.2. The Balaban J connectivity index is 2.06. The number of nitrogens with one attached hydrogen (secondary N) is 2. The Bertz CT molecular complexity index is 1120. The van der Waals surface area contributed by atoms with Gasteiger partial charge >= 0.3 is 0 Å². The highest BCUT2D eigenvalue weighted by atomic mass is 35.5. The van der Waals surface area contributed by atoms with Gasteiger partial charge in [-0.05, 0) is 42.3 Å². The SMILES string of the molecule is CCc1cc(NS(=O)(=O)c2cc(Cl)c(O)c(C(N)=O)c2)cc2[nH]ccc12. The van der Waals surface area contributed by atoms with E-state index in [4.69, 9.17) is 17.3 Å². The lowest BCUT2D eigenvalue weighted by Gasteiger charge is -2.12. The van der Waals surface area contributed by atoms with Gasteiger partial charge in [0.15, 0.2) is 0 Å². The van der Waals surface area contributed by atoms with Gasteiger partial charge in [-0.15, -0.1) is 0 Å². The summed E-state index contributed by atoms with van der Waals surface area (Å²) >= 11 is 5.83. The molecule has 0 saturated heterocycles. The van der Waals surface area contributed by atoms with Crippen LogP contribution in [0.25, 0.3) is 10.9 Å². The van der Waals surface area contributed by atoms with Crippen LogP contribution in [0.5, 0.6) is 5.75 Å². The average Bonchev–Trinajstić information content (AvgIpc) is 3.04. The fourth-order valence-corrected chi connectivity index (χ4v) is 4.10. The summed E-state index contributed by atoms with van der Waals surface area (Å²) in [6.07, 6.45) is 2.50. The molecule has 0 spiro atoms. The lowest BCUT2D eigenvalue weighted by Crippen LogP contribution is -2.16. The first-order valence-corrected chi connectivity index (χ1v) is 9.54. The number of amides is 1. The monoisotopic (exact) mass is 393 g/mol. The zero-order valence-corrected chi connectivity index (χ0v) is 15.3. The lowest BCUT2D eigenvalue weighted by atomic mass is 10.1. The van der Waals surface area contributed by atoms with Crippen molar-refractivity contribution in [2.75, 3.05) is 4.72 Å². The first kappa shape index (κ1) is 18.1. The van der Waals surface area contributed by atoms with E-state index in [2.05, 4.69) is 9.71 Å². The molecular formula is C17H16ClN3O4S. The number of carbonyl (C=O) groups excluding carboxylic acids is 1. The molecule has 1 aromatic heterocycles. The molecule has 2 aromatic carbocycles. The number of sulfonamides is 1. The van der Waals surface area contributed by atoms with Crippen molar-refractivity contribution in [3.63, 3.8) is 0 Å². The molecular weight excluding hydrogens is 378 g/mol. The molecule has 5 N–H and O–H groups in total. The van der Waals surface area contributed by atoms with Crippen LogP contribution in [0.1, 0.15) is 22.8 Å². The van der Waals surface area contributed by atoms with Crippen LogP contribution >= 0.6 is 11.6 Å². The number of halogens is 1. The summed E-state index contributed by atoms with van der Waals surface area (Å²) in [6, 6.07) is 7.37. The van der Waals surface area contributed by atoms with Crippen molar-refractivity contribution in [1.29, 1.82) is 0 Å². The molecule has 136 valence electrons. The Morgan fingerprint density at radius 1 is 1.31 bits per heavy atom. The summed E-state index contributed by atoms with van der Waals surface area (Å²) < 4.78 is 27.9. The molecule has 1 amide bonds. The van der Waals surface area contributed by atoms with Gasteiger partial charge in [0.25, 0.3) is 15.9 Å². The largest absolute Gasteiger partial charge is 0.506 e. The number of nitrogens with two attached hydrogens (primary N) is 1. The molecule has 0 atom stereocenters. The van der Waals surface area contributed by atoms with E-state index in [-0.39, 0.29) is 15.5 Å². The first-order valence-electron chi connectivity index (χ1n) is 7.68. The zero-order chi connectivity index (χ0) is 19.1. The van der Waals surface area contributed by atoms with Gasteiger partial charge in [-0.1, -0.05) is 18.5 Å². The summed E-state index contributed by atoms with van der Waals surface area (Å²) in [6.45, 7) is 1.97. The Kier molecular flexibility index (Phi) is 4.55. The first-order chi connectivity index (χ1) is 12.2. The van der Waals surface area contributed by atoms with Gasteiger partial charge in [-0.25, -0.2) is 8.42 Å². The number of hydrogen-bond donors (Lipinski definition) is 4. The predicted molar refractivity (Wildman–Crippen MR) is 100 cm³/mol. The quantitative estimate of drug-likeness (QED) is 0.531. The number of primary amides is 1. The summed E-state index contributed by atoms with van der Waals surface area (Å²) in [5, 5.41) is 10.5. The van der Waals surface area contributed by atoms with Crippen LogP contribution in [-0.2, 0) is 16.4 Å². The molecule has 0 aliphatic heterocycles. The molecule has 3 aromatic rings. The molecule has 0 bridgehead atoms. The van der Waals surface area contributed by atoms with Crippen molar-refractivity contribution in [3.05, 3.63) is 52.7 Å². The van der Waals surface area contributed by atoms with Crippen LogP contribution in [-0.4, -0.2) is 24.4 Å². The van der Waals surface area contributed by atoms with Crippen LogP contribution in [0, 0.1) is 0 Å². The van der Waals surface area contributed by atoms with Crippen LogP contribution in [0.15, 0.2) is 41.4 Å². The summed E-state index contributed by atoms with van der Waals surface area (Å²) in [7, 11) is -4.05. The number of aromatic nitrogens is 1. The highest BCUT2D eigenvalue weighted by Crippen LogP contribution is 2.32. The number of carbonyl (C=O) groups is 1. The van der Waals surface area contributed by atoms with Gasteiger partial charge in [-0.3, -0.25) is 9.52 Å². The van der Waals surface area contributed by atoms with Gasteiger partial charge in [0, 0.05) is 17.1 Å². The number of fused-ring (bicyclic) bond motifs is 1. The second-order valence-electron chi connectivity index (χ2n) is 5.70. The summed E-state index contributed by atoms with van der Waals surface area (Å²) in [5.74, 6) is -1.54. The molecule has 0 unspecified atom stereocenters. The van der Waals surface area contributed by atoms with E-state index in [9.17, 15) is 18.3 Å². The number of rotatable bonds is 5. The number of aromatic hydroxyl groups is 1. The van der Waals surface area contributed by atoms with Crippen LogP contribution < -0.4 is 10.5 Å². The number of H-pyrrole nitrogens is 1. The van der Waals surface area contributed by atoms with Gasteiger partial charge in [0.05, 0.1) is 21.2 Å². The van der Waals surface area contributed by atoms with Gasteiger partial charge in [-0.2, -0.15) is 0 Å². The minimum atomic E-state index is -4.05. The molecule has 0 aliphatic rings. The van der Waals surface area contributed by atoms with Gasteiger partial charge in [0.2, 0.25) is 0 Å². The minimum absolute atomic E-state index is 0.279. The average molecular weight is 394 g/mol. The summed E-state index contributed by atoms with van der Waals surface area (Å²) in [5.41, 5.74) is 6.92. The van der Waals surface area contributed by atoms with Gasteiger partial charge < -0.3 is 15.8 Å². The maximum absolute atomic E-state index is 12.7. The molecule has 0 radical (unpaired) electrons. The van der Waals surface area contributed by atoms with Crippen molar-refractivity contribution in [2.45, 2.75) is 18.2 Å². The van der Waals surface area contributed by atoms with Crippen LogP contribution in [0.2, 0.25) is 5.02 Å². The van der Waals surface area contributed by atoms with E-state index in [1.54, 1.807) is 18.3 Å². The van der Waals surface area contributed by atoms with Crippen molar-refractivity contribution < 1.29 is 18.3 Å². The van der Waals surface area contributed by atoms with Crippen molar-refractivity contribution in [2.24, 2.45) is 5.73 Å². The molecule has 0 saturated carbocycles. The highest BCUT2D eigenvalue weighted by molar-refractivity contribution is 7.92. The Labute approximate surface area is 154 Å². The standard InChI is InChI=1S/C17H16ClN3O4S/c1-2-9-5-10(6-15-12(9)3-4-20-15)21-26(24,25)11-7-13(17(19)23)16(22)14(18)8-11/h3-8,20-22H,2H2,1H3,(H2,19,23). The maximum atomic E-state index is 12.7. The normalized spacial score (nSPS) is 11.6. The van der Waals surface area contributed by atoms with E-state index in [0.29, 0.717) is 5.69 Å². The smallest absolute Gasteiger partial charge is 0.261 e. The van der Waals surface area contributed by atoms with E-state index in [1.807, 2.05) is 13.0 Å². The third-order valence-corrected chi connectivity index (χ3v) is 5.65. The fraction of sp³-hybridized carbons (Fsp3) is 0.118. The topological polar surface area (TPSA) is 125 Å². The van der Waals surface area contributed by atoms with Crippen LogP contribution in [0.4, 0.5) is 5.69 Å². The molecule has 0 aliphatic carbocycles. The second kappa shape index (κ2) is 6.54.